The van der Waals surface area contributed by atoms with Crippen LogP contribution in [-0.2, 0) is 34.3 Å². The van der Waals surface area contributed by atoms with Crippen LogP contribution < -0.4 is 10.6 Å². The lowest BCUT2D eigenvalue weighted by atomic mass is 10.0. The third kappa shape index (κ3) is 5.63. The summed E-state index contributed by atoms with van der Waals surface area (Å²) in [6, 6.07) is 17.7. The second kappa shape index (κ2) is 10.5. The van der Waals surface area contributed by atoms with Crippen LogP contribution in [0.5, 0.6) is 0 Å². The zero-order valence-corrected chi connectivity index (χ0v) is 20.6. The molecular weight excluding hydrogens is 466 g/mol. The molecule has 0 saturated heterocycles. The van der Waals surface area contributed by atoms with E-state index in [1.54, 1.807) is 24.3 Å². The minimum absolute atomic E-state index is 0.150. The Morgan fingerprint density at radius 2 is 1.83 bits per heavy atom. The van der Waals surface area contributed by atoms with E-state index in [2.05, 4.69) is 10.6 Å². The van der Waals surface area contributed by atoms with Crippen LogP contribution in [0.15, 0.2) is 65.6 Å². The number of nitrogens with one attached hydrogen (secondary N) is 2. The Labute approximate surface area is 205 Å². The SMILES string of the molecule is CCC(NC(=O)c1cc(C(=O)NCc2cccc(S(C)(=O)=O)c2)n2c1COCC2)c1ccccc1. The summed E-state index contributed by atoms with van der Waals surface area (Å²) >= 11 is 0. The normalized spacial score (nSPS) is 14.1. The maximum Gasteiger partial charge on any atom is 0.268 e. The van der Waals surface area contributed by atoms with Gasteiger partial charge in [0, 0.05) is 19.3 Å². The molecule has 2 heterocycles. The van der Waals surface area contributed by atoms with Crippen molar-refractivity contribution in [2.24, 2.45) is 0 Å². The summed E-state index contributed by atoms with van der Waals surface area (Å²) < 4.78 is 31.0. The van der Waals surface area contributed by atoms with Gasteiger partial charge in [-0.15, -0.1) is 0 Å². The van der Waals surface area contributed by atoms with Crippen molar-refractivity contribution >= 4 is 21.7 Å². The van der Waals surface area contributed by atoms with Gasteiger partial charge in [-0.2, -0.15) is 0 Å². The summed E-state index contributed by atoms with van der Waals surface area (Å²) in [4.78, 5) is 26.5. The van der Waals surface area contributed by atoms with Crippen LogP contribution in [0.2, 0.25) is 0 Å². The van der Waals surface area contributed by atoms with E-state index in [-0.39, 0.29) is 35.9 Å². The van der Waals surface area contributed by atoms with Crippen LogP contribution >= 0.6 is 0 Å². The van der Waals surface area contributed by atoms with Gasteiger partial charge in [0.05, 0.1) is 35.4 Å². The molecule has 2 aromatic carbocycles. The number of fused-ring (bicyclic) bond motifs is 1. The maximum atomic E-state index is 13.2. The number of hydrogen-bond acceptors (Lipinski definition) is 5. The van der Waals surface area contributed by atoms with Crippen molar-refractivity contribution in [2.75, 3.05) is 12.9 Å². The van der Waals surface area contributed by atoms with Gasteiger partial charge in [0.25, 0.3) is 11.8 Å². The van der Waals surface area contributed by atoms with E-state index in [9.17, 15) is 18.0 Å². The molecule has 0 radical (unpaired) electrons. The number of aromatic nitrogens is 1. The Kier molecular flexibility index (Phi) is 7.37. The van der Waals surface area contributed by atoms with Crippen molar-refractivity contribution in [3.8, 4) is 0 Å². The predicted molar refractivity (Wildman–Crippen MR) is 132 cm³/mol. The Morgan fingerprint density at radius 3 is 2.54 bits per heavy atom. The minimum Gasteiger partial charge on any atom is -0.373 e. The maximum absolute atomic E-state index is 13.2. The van der Waals surface area contributed by atoms with Crippen molar-refractivity contribution in [1.82, 2.24) is 15.2 Å². The molecule has 2 N–H and O–H groups in total. The van der Waals surface area contributed by atoms with Gasteiger partial charge in [-0.1, -0.05) is 49.4 Å². The van der Waals surface area contributed by atoms with Crippen molar-refractivity contribution in [3.05, 3.63) is 88.7 Å². The highest BCUT2D eigenvalue weighted by Crippen LogP contribution is 2.23. The molecule has 1 atom stereocenters. The average molecular weight is 496 g/mol. The summed E-state index contributed by atoms with van der Waals surface area (Å²) in [7, 11) is -3.34. The van der Waals surface area contributed by atoms with Crippen LogP contribution in [0.25, 0.3) is 0 Å². The Hall–Kier alpha value is -3.43. The number of hydrogen-bond donors (Lipinski definition) is 2. The zero-order valence-electron chi connectivity index (χ0n) is 19.8. The van der Waals surface area contributed by atoms with Gasteiger partial charge in [0.2, 0.25) is 0 Å². The van der Waals surface area contributed by atoms with Gasteiger partial charge in [-0.05, 0) is 35.7 Å². The highest BCUT2D eigenvalue weighted by molar-refractivity contribution is 7.90. The molecule has 2 amide bonds. The monoisotopic (exact) mass is 495 g/mol. The first-order valence-corrected chi connectivity index (χ1v) is 13.4. The molecule has 3 aromatic rings. The molecule has 4 rings (SSSR count). The number of amides is 2. The van der Waals surface area contributed by atoms with Crippen LogP contribution in [0, 0.1) is 0 Å². The van der Waals surface area contributed by atoms with E-state index in [0.717, 1.165) is 18.2 Å². The summed E-state index contributed by atoms with van der Waals surface area (Å²) in [5.74, 6) is -0.595. The van der Waals surface area contributed by atoms with Gasteiger partial charge in [0.15, 0.2) is 9.84 Å². The predicted octanol–water partition coefficient (Wildman–Crippen LogP) is 3.23. The molecule has 8 nitrogen and oxygen atoms in total. The summed E-state index contributed by atoms with van der Waals surface area (Å²) in [5, 5.41) is 5.93. The number of carbonyl (C=O) groups excluding carboxylic acids is 2. The minimum atomic E-state index is -3.34. The smallest absolute Gasteiger partial charge is 0.268 e. The van der Waals surface area contributed by atoms with Crippen LogP contribution in [0.1, 0.15) is 57.1 Å². The number of benzene rings is 2. The molecule has 0 saturated carbocycles. The van der Waals surface area contributed by atoms with Crippen molar-refractivity contribution < 1.29 is 22.7 Å². The Balaban J connectivity index is 1.54. The van der Waals surface area contributed by atoms with E-state index in [0.29, 0.717) is 35.7 Å². The van der Waals surface area contributed by atoms with E-state index in [1.165, 1.54) is 6.07 Å². The van der Waals surface area contributed by atoms with Gasteiger partial charge in [-0.3, -0.25) is 9.59 Å². The molecule has 0 fully saturated rings. The van der Waals surface area contributed by atoms with Crippen molar-refractivity contribution in [3.63, 3.8) is 0 Å². The van der Waals surface area contributed by atoms with Crippen LogP contribution in [0.4, 0.5) is 0 Å². The summed E-state index contributed by atoms with van der Waals surface area (Å²) in [6.45, 7) is 3.32. The molecule has 1 aliphatic heterocycles. The lowest BCUT2D eigenvalue weighted by molar-refractivity contribution is 0.0776. The second-order valence-corrected chi connectivity index (χ2v) is 10.6. The third-order valence-electron chi connectivity index (χ3n) is 6.08. The third-order valence-corrected chi connectivity index (χ3v) is 7.19. The number of ether oxygens (including phenoxy) is 1. The average Bonchev–Trinajstić information content (AvgIpc) is 3.26. The molecule has 0 bridgehead atoms. The molecule has 35 heavy (non-hydrogen) atoms. The molecule has 9 heteroatoms. The zero-order chi connectivity index (χ0) is 25.0. The highest BCUT2D eigenvalue weighted by Gasteiger charge is 2.27. The van der Waals surface area contributed by atoms with Crippen molar-refractivity contribution in [1.29, 1.82) is 0 Å². The summed E-state index contributed by atoms with van der Waals surface area (Å²) in [6.07, 6.45) is 1.87. The Morgan fingerprint density at radius 1 is 1.06 bits per heavy atom. The van der Waals surface area contributed by atoms with Crippen LogP contribution in [0.3, 0.4) is 0 Å². The topological polar surface area (TPSA) is 107 Å². The first-order valence-electron chi connectivity index (χ1n) is 11.5. The van der Waals surface area contributed by atoms with Crippen LogP contribution in [-0.4, -0.2) is 37.7 Å². The van der Waals surface area contributed by atoms with Gasteiger partial charge < -0.3 is 19.9 Å². The van der Waals surface area contributed by atoms with Crippen molar-refractivity contribution in [2.45, 2.75) is 44.0 Å². The number of carbonyl (C=O) groups is 2. The highest BCUT2D eigenvalue weighted by atomic mass is 32.2. The van der Waals surface area contributed by atoms with Gasteiger partial charge in [-0.25, -0.2) is 8.42 Å². The molecule has 1 unspecified atom stereocenters. The quantitative estimate of drug-likeness (QED) is 0.499. The van der Waals surface area contributed by atoms with E-state index >= 15 is 0 Å². The lowest BCUT2D eigenvalue weighted by Crippen LogP contribution is -2.30. The number of nitrogens with zero attached hydrogens (tertiary/aromatic N) is 1. The molecule has 0 aliphatic carbocycles. The fourth-order valence-electron chi connectivity index (χ4n) is 4.21. The van der Waals surface area contributed by atoms with Gasteiger partial charge >= 0.3 is 0 Å². The molecule has 1 aliphatic rings. The fourth-order valence-corrected chi connectivity index (χ4v) is 4.90. The first kappa shape index (κ1) is 24.7. The van der Waals surface area contributed by atoms with E-state index in [4.69, 9.17) is 4.74 Å². The Bertz CT molecular complexity index is 1330. The molecule has 0 spiro atoms. The van der Waals surface area contributed by atoms with E-state index in [1.807, 2.05) is 41.8 Å². The first-order chi connectivity index (χ1) is 16.8. The van der Waals surface area contributed by atoms with Gasteiger partial charge in [0.1, 0.15) is 5.69 Å². The molecule has 1 aromatic heterocycles. The largest absolute Gasteiger partial charge is 0.373 e. The molecule has 184 valence electrons. The number of sulfone groups is 1. The standard InChI is InChI=1S/C26H29N3O5S/c1-3-22(19-9-5-4-6-10-19)28-25(30)21-15-23(29-12-13-34-17-24(21)29)26(31)27-16-18-8-7-11-20(14-18)35(2,32)33/h4-11,14-15,22H,3,12-13,16-17H2,1-2H3,(H,27,31)(H,28,30). The summed E-state index contributed by atoms with van der Waals surface area (Å²) in [5.41, 5.74) is 3.15. The lowest BCUT2D eigenvalue weighted by Gasteiger charge is -2.20. The fraction of sp³-hybridized carbons (Fsp3) is 0.308. The van der Waals surface area contributed by atoms with E-state index < -0.39 is 9.84 Å². The molecular formula is C26H29N3O5S. The second-order valence-electron chi connectivity index (χ2n) is 8.54. The number of rotatable bonds is 8.